The zero-order valence-electron chi connectivity index (χ0n) is 13.9. The number of aliphatic hydroxyl groups excluding tert-OH is 1. The molecule has 1 aliphatic heterocycles. The molecule has 0 fully saturated rings. The third-order valence-corrected chi connectivity index (χ3v) is 4.47. The molecular weight excluding hydrogens is 292 g/mol. The topological polar surface area (TPSA) is 69.6 Å². The number of nitrogens with one attached hydrogen (secondary N) is 1. The fraction of sp³-hybridized carbons (Fsp3) is 0.556. The lowest BCUT2D eigenvalue weighted by atomic mass is 9.90. The summed E-state index contributed by atoms with van der Waals surface area (Å²) in [4.78, 5) is 25.9. The Hall–Kier alpha value is -1.88. The number of carbonyl (C=O) groups excluding carboxylic acids is 2. The molecule has 0 aliphatic carbocycles. The van der Waals surface area contributed by atoms with Gasteiger partial charge in [-0.3, -0.25) is 9.59 Å². The van der Waals surface area contributed by atoms with Crippen molar-refractivity contribution in [2.24, 2.45) is 0 Å². The van der Waals surface area contributed by atoms with Crippen LogP contribution in [0.2, 0.25) is 0 Å². The summed E-state index contributed by atoms with van der Waals surface area (Å²) < 4.78 is 0. The number of amides is 2. The second-order valence-electron chi connectivity index (χ2n) is 6.08. The van der Waals surface area contributed by atoms with E-state index >= 15 is 0 Å². The molecule has 1 aromatic carbocycles. The van der Waals surface area contributed by atoms with Crippen LogP contribution >= 0.6 is 0 Å². The van der Waals surface area contributed by atoms with Gasteiger partial charge in [0, 0.05) is 20.0 Å². The van der Waals surface area contributed by atoms with Crippen molar-refractivity contribution in [1.82, 2.24) is 10.2 Å². The minimum atomic E-state index is -0.376. The zero-order valence-corrected chi connectivity index (χ0v) is 13.9. The van der Waals surface area contributed by atoms with Gasteiger partial charge in [-0.05, 0) is 30.4 Å². The average Bonchev–Trinajstić information content (AvgIpc) is 2.54. The van der Waals surface area contributed by atoms with Crippen molar-refractivity contribution in [2.75, 3.05) is 13.1 Å². The van der Waals surface area contributed by atoms with Gasteiger partial charge in [-0.15, -0.1) is 0 Å². The maximum Gasteiger partial charge on any atom is 0.222 e. The standard InChI is InChI=1S/C18H26N2O3/c1-3-15(22)8-10-19-18(23)12-17-16-7-5-4-6-14(16)9-11-20(17)13(2)21/h4-7,15,17,22H,3,8-12H2,1-2H3,(H,19,23). The molecule has 0 spiro atoms. The largest absolute Gasteiger partial charge is 0.393 e. The molecule has 0 saturated heterocycles. The predicted octanol–water partition coefficient (Wildman–Crippen LogP) is 1.80. The van der Waals surface area contributed by atoms with Crippen LogP contribution in [0.5, 0.6) is 0 Å². The molecule has 1 aliphatic rings. The first-order valence-electron chi connectivity index (χ1n) is 8.32. The number of fused-ring (bicyclic) bond motifs is 1. The first kappa shape index (κ1) is 17.5. The molecule has 5 heteroatoms. The van der Waals surface area contributed by atoms with E-state index in [4.69, 9.17) is 0 Å². The quantitative estimate of drug-likeness (QED) is 0.840. The smallest absolute Gasteiger partial charge is 0.222 e. The van der Waals surface area contributed by atoms with Crippen LogP contribution in [0.1, 0.15) is 50.3 Å². The summed E-state index contributed by atoms with van der Waals surface area (Å²) >= 11 is 0. The molecule has 126 valence electrons. The van der Waals surface area contributed by atoms with Crippen molar-refractivity contribution in [3.63, 3.8) is 0 Å². The van der Waals surface area contributed by atoms with E-state index in [1.54, 1.807) is 11.8 Å². The normalized spacial score (nSPS) is 18.2. The molecule has 2 rings (SSSR count). The molecular formula is C18H26N2O3. The van der Waals surface area contributed by atoms with Gasteiger partial charge in [0.25, 0.3) is 0 Å². The van der Waals surface area contributed by atoms with Crippen LogP contribution in [0.4, 0.5) is 0 Å². The first-order valence-corrected chi connectivity index (χ1v) is 8.32. The molecule has 23 heavy (non-hydrogen) atoms. The van der Waals surface area contributed by atoms with Gasteiger partial charge >= 0.3 is 0 Å². The van der Waals surface area contributed by atoms with E-state index in [0.717, 1.165) is 12.0 Å². The highest BCUT2D eigenvalue weighted by Gasteiger charge is 2.30. The summed E-state index contributed by atoms with van der Waals surface area (Å²) in [5.74, 6) is -0.0834. The lowest BCUT2D eigenvalue weighted by Crippen LogP contribution is -2.41. The molecule has 1 aromatic rings. The van der Waals surface area contributed by atoms with Crippen LogP contribution < -0.4 is 5.32 Å². The van der Waals surface area contributed by atoms with E-state index < -0.39 is 0 Å². The minimum Gasteiger partial charge on any atom is -0.393 e. The summed E-state index contributed by atoms with van der Waals surface area (Å²) in [5, 5.41) is 12.4. The Balaban J connectivity index is 2.03. The van der Waals surface area contributed by atoms with E-state index in [0.29, 0.717) is 25.9 Å². The third kappa shape index (κ3) is 4.55. The Labute approximate surface area is 137 Å². The van der Waals surface area contributed by atoms with Crippen molar-refractivity contribution < 1.29 is 14.7 Å². The van der Waals surface area contributed by atoms with E-state index in [-0.39, 0.29) is 30.4 Å². The highest BCUT2D eigenvalue weighted by Crippen LogP contribution is 2.32. The van der Waals surface area contributed by atoms with Gasteiger partial charge in [0.1, 0.15) is 0 Å². The summed E-state index contributed by atoms with van der Waals surface area (Å²) in [6.07, 6.45) is 1.96. The van der Waals surface area contributed by atoms with Gasteiger partial charge in [-0.2, -0.15) is 0 Å². The van der Waals surface area contributed by atoms with Crippen LogP contribution in [-0.2, 0) is 16.0 Å². The number of nitrogens with zero attached hydrogens (tertiary/aromatic N) is 1. The molecule has 0 radical (unpaired) electrons. The Morgan fingerprint density at radius 1 is 1.39 bits per heavy atom. The molecule has 0 bridgehead atoms. The van der Waals surface area contributed by atoms with Crippen LogP contribution in [0.25, 0.3) is 0 Å². The van der Waals surface area contributed by atoms with Crippen LogP contribution in [-0.4, -0.2) is 41.0 Å². The molecule has 5 nitrogen and oxygen atoms in total. The van der Waals surface area contributed by atoms with Crippen LogP contribution in [0, 0.1) is 0 Å². The van der Waals surface area contributed by atoms with E-state index in [1.807, 2.05) is 25.1 Å². The lowest BCUT2D eigenvalue weighted by molar-refractivity contribution is -0.133. The number of benzene rings is 1. The summed E-state index contributed by atoms with van der Waals surface area (Å²) in [7, 11) is 0. The molecule has 0 aromatic heterocycles. The lowest BCUT2D eigenvalue weighted by Gasteiger charge is -2.36. The summed E-state index contributed by atoms with van der Waals surface area (Å²) in [6.45, 7) is 4.58. The van der Waals surface area contributed by atoms with Crippen molar-refractivity contribution in [3.05, 3.63) is 35.4 Å². The SMILES string of the molecule is CCC(O)CCNC(=O)CC1c2ccccc2CCN1C(C)=O. The third-order valence-electron chi connectivity index (χ3n) is 4.47. The monoisotopic (exact) mass is 318 g/mol. The molecule has 2 N–H and O–H groups in total. The second-order valence-corrected chi connectivity index (χ2v) is 6.08. The number of aliphatic hydroxyl groups is 1. The fourth-order valence-electron chi connectivity index (χ4n) is 3.08. The Morgan fingerprint density at radius 3 is 2.83 bits per heavy atom. The number of rotatable bonds is 6. The minimum absolute atomic E-state index is 0.00120. The van der Waals surface area contributed by atoms with Gasteiger partial charge in [0.15, 0.2) is 0 Å². The van der Waals surface area contributed by atoms with E-state index in [9.17, 15) is 14.7 Å². The highest BCUT2D eigenvalue weighted by atomic mass is 16.3. The van der Waals surface area contributed by atoms with Crippen molar-refractivity contribution in [2.45, 2.75) is 51.7 Å². The summed E-state index contributed by atoms with van der Waals surface area (Å²) in [6, 6.07) is 7.81. The Bertz CT molecular complexity index is 559. The predicted molar refractivity (Wildman–Crippen MR) is 88.8 cm³/mol. The van der Waals surface area contributed by atoms with Gasteiger partial charge in [0.2, 0.25) is 11.8 Å². The zero-order chi connectivity index (χ0) is 16.8. The first-order chi connectivity index (χ1) is 11.0. The van der Waals surface area contributed by atoms with E-state index in [2.05, 4.69) is 11.4 Å². The maximum atomic E-state index is 12.2. The van der Waals surface area contributed by atoms with Crippen molar-refractivity contribution in [3.8, 4) is 0 Å². The van der Waals surface area contributed by atoms with Crippen molar-refractivity contribution in [1.29, 1.82) is 0 Å². The molecule has 2 unspecified atom stereocenters. The van der Waals surface area contributed by atoms with Crippen LogP contribution in [0.3, 0.4) is 0 Å². The number of carbonyl (C=O) groups is 2. The van der Waals surface area contributed by atoms with Gasteiger partial charge in [-0.25, -0.2) is 0 Å². The van der Waals surface area contributed by atoms with E-state index in [1.165, 1.54) is 5.56 Å². The molecule has 2 amide bonds. The number of hydrogen-bond donors (Lipinski definition) is 2. The highest BCUT2D eigenvalue weighted by molar-refractivity contribution is 5.79. The van der Waals surface area contributed by atoms with Gasteiger partial charge in [0.05, 0.1) is 18.6 Å². The van der Waals surface area contributed by atoms with Crippen molar-refractivity contribution >= 4 is 11.8 Å². The Morgan fingerprint density at radius 2 is 2.13 bits per heavy atom. The fourth-order valence-corrected chi connectivity index (χ4v) is 3.08. The average molecular weight is 318 g/mol. The molecule has 1 heterocycles. The second kappa shape index (κ2) is 8.11. The van der Waals surface area contributed by atoms with Crippen LogP contribution in [0.15, 0.2) is 24.3 Å². The van der Waals surface area contributed by atoms with Gasteiger partial charge in [-0.1, -0.05) is 31.2 Å². The number of hydrogen-bond acceptors (Lipinski definition) is 3. The maximum absolute atomic E-state index is 12.2. The molecule has 2 atom stereocenters. The molecule has 0 saturated carbocycles. The Kier molecular flexibility index (Phi) is 6.16. The summed E-state index contributed by atoms with van der Waals surface area (Å²) in [5.41, 5.74) is 2.28. The van der Waals surface area contributed by atoms with Gasteiger partial charge < -0.3 is 15.3 Å².